The maximum atomic E-state index is 12.5. The van der Waals surface area contributed by atoms with Crippen molar-refractivity contribution in [3.63, 3.8) is 0 Å². The van der Waals surface area contributed by atoms with Crippen molar-refractivity contribution >= 4 is 11.9 Å². The van der Waals surface area contributed by atoms with Crippen molar-refractivity contribution in [1.29, 1.82) is 0 Å². The van der Waals surface area contributed by atoms with Crippen molar-refractivity contribution in [2.75, 3.05) is 27.4 Å². The number of methoxy groups -OCH3 is 2. The molecule has 0 atom stereocenters. The average Bonchev–Trinajstić information content (AvgIpc) is 2.92. The molecule has 7 nitrogen and oxygen atoms in total. The van der Waals surface area contributed by atoms with E-state index in [2.05, 4.69) is 9.72 Å². The number of hydrogen-bond donors (Lipinski definition) is 0. The van der Waals surface area contributed by atoms with E-state index in [0.717, 1.165) is 0 Å². The summed E-state index contributed by atoms with van der Waals surface area (Å²) in [6.07, 6.45) is 1.94. The third-order valence-electron chi connectivity index (χ3n) is 2.98. The van der Waals surface area contributed by atoms with Gasteiger partial charge >= 0.3 is 5.97 Å². The number of carbonyl (C=O) groups is 2. The van der Waals surface area contributed by atoms with Gasteiger partial charge in [-0.25, -0.2) is 9.78 Å². The van der Waals surface area contributed by atoms with Gasteiger partial charge in [0.15, 0.2) is 5.69 Å². The van der Waals surface area contributed by atoms with E-state index in [0.29, 0.717) is 25.5 Å². The van der Waals surface area contributed by atoms with E-state index in [1.54, 1.807) is 12.0 Å². The zero-order valence-corrected chi connectivity index (χ0v) is 13.8. The molecule has 0 aliphatic carbocycles. The Morgan fingerprint density at radius 1 is 1.32 bits per heavy atom. The summed E-state index contributed by atoms with van der Waals surface area (Å²) in [6, 6.07) is 0. The van der Waals surface area contributed by atoms with Gasteiger partial charge in [0.1, 0.15) is 6.26 Å². The highest BCUT2D eigenvalue weighted by Crippen LogP contribution is 2.19. The molecule has 1 heterocycles. The minimum atomic E-state index is -0.567. The largest absolute Gasteiger partial charge is 0.464 e. The molecule has 0 unspecified atom stereocenters. The Hall–Kier alpha value is -1.89. The van der Waals surface area contributed by atoms with Crippen molar-refractivity contribution in [3.05, 3.63) is 17.8 Å². The van der Waals surface area contributed by atoms with E-state index >= 15 is 0 Å². The lowest BCUT2D eigenvalue weighted by molar-refractivity contribution is -0.140. The quantitative estimate of drug-likeness (QED) is 0.565. The smallest absolute Gasteiger partial charge is 0.360 e. The van der Waals surface area contributed by atoms with Crippen LogP contribution in [0.2, 0.25) is 0 Å². The van der Waals surface area contributed by atoms with Crippen LogP contribution in [0.1, 0.15) is 43.6 Å². The summed E-state index contributed by atoms with van der Waals surface area (Å²) >= 11 is 0. The molecule has 1 amide bonds. The van der Waals surface area contributed by atoms with Crippen molar-refractivity contribution in [3.8, 4) is 0 Å². The van der Waals surface area contributed by atoms with Gasteiger partial charge in [0.05, 0.1) is 13.7 Å². The third-order valence-corrected chi connectivity index (χ3v) is 2.98. The number of nitrogens with zero attached hydrogens (tertiary/aromatic N) is 2. The van der Waals surface area contributed by atoms with Crippen molar-refractivity contribution in [2.45, 2.75) is 33.7 Å². The van der Waals surface area contributed by atoms with Gasteiger partial charge < -0.3 is 18.8 Å². The van der Waals surface area contributed by atoms with Gasteiger partial charge in [0.25, 0.3) is 0 Å². The van der Waals surface area contributed by atoms with Crippen LogP contribution in [0.15, 0.2) is 10.7 Å². The molecule has 0 saturated carbocycles. The van der Waals surface area contributed by atoms with Gasteiger partial charge in [0, 0.05) is 25.7 Å². The molecule has 0 radical (unpaired) electrons. The van der Waals surface area contributed by atoms with Gasteiger partial charge in [-0.3, -0.25) is 4.79 Å². The first-order chi connectivity index (χ1) is 10.3. The Morgan fingerprint density at radius 3 is 2.55 bits per heavy atom. The lowest BCUT2D eigenvalue weighted by Crippen LogP contribution is -2.40. The Labute approximate surface area is 130 Å². The number of amides is 1. The zero-order valence-electron chi connectivity index (χ0n) is 13.8. The van der Waals surface area contributed by atoms with Crippen LogP contribution in [0.4, 0.5) is 0 Å². The highest BCUT2D eigenvalue weighted by atomic mass is 16.5. The minimum Gasteiger partial charge on any atom is -0.464 e. The molecule has 0 fully saturated rings. The second-order valence-corrected chi connectivity index (χ2v) is 5.94. The highest BCUT2D eigenvalue weighted by Gasteiger charge is 2.28. The van der Waals surface area contributed by atoms with Crippen LogP contribution in [0.3, 0.4) is 0 Å². The summed E-state index contributed by atoms with van der Waals surface area (Å²) in [5.41, 5.74) is -0.414. The third kappa shape index (κ3) is 5.14. The summed E-state index contributed by atoms with van der Waals surface area (Å²) in [6.45, 7) is 6.86. The number of aromatic nitrogens is 1. The van der Waals surface area contributed by atoms with Gasteiger partial charge in [-0.1, -0.05) is 20.8 Å². The Balaban J connectivity index is 2.81. The molecule has 0 saturated heterocycles. The number of oxazole rings is 1. The van der Waals surface area contributed by atoms with Crippen molar-refractivity contribution < 1.29 is 23.5 Å². The fourth-order valence-electron chi connectivity index (χ4n) is 1.87. The SMILES string of the molecule is COCCCN(Cc1nc(C(=O)OC)co1)C(=O)C(C)(C)C. The fraction of sp³-hybridized carbons (Fsp3) is 0.667. The van der Waals surface area contributed by atoms with Crippen LogP contribution in [-0.2, 0) is 20.8 Å². The molecule has 0 bridgehead atoms. The van der Waals surface area contributed by atoms with Crippen molar-refractivity contribution in [1.82, 2.24) is 9.88 Å². The Morgan fingerprint density at radius 2 is 2.00 bits per heavy atom. The maximum Gasteiger partial charge on any atom is 0.360 e. The average molecular weight is 312 g/mol. The van der Waals surface area contributed by atoms with E-state index in [1.165, 1.54) is 13.4 Å². The lowest BCUT2D eigenvalue weighted by Gasteiger charge is -2.28. The summed E-state index contributed by atoms with van der Waals surface area (Å²) < 4.78 is 14.8. The molecule has 1 aromatic heterocycles. The Kier molecular flexibility index (Phi) is 6.55. The molecule has 0 aromatic carbocycles. The monoisotopic (exact) mass is 312 g/mol. The number of esters is 1. The number of ether oxygens (including phenoxy) is 2. The van der Waals surface area contributed by atoms with E-state index < -0.39 is 11.4 Å². The van der Waals surface area contributed by atoms with E-state index in [9.17, 15) is 9.59 Å². The van der Waals surface area contributed by atoms with E-state index in [4.69, 9.17) is 9.15 Å². The number of rotatable bonds is 7. The first-order valence-electron chi connectivity index (χ1n) is 7.10. The molecule has 1 rings (SSSR count). The van der Waals surface area contributed by atoms with Crippen LogP contribution in [0.25, 0.3) is 0 Å². The zero-order chi connectivity index (χ0) is 16.8. The van der Waals surface area contributed by atoms with Crippen molar-refractivity contribution in [2.24, 2.45) is 5.41 Å². The number of hydrogen-bond acceptors (Lipinski definition) is 6. The van der Waals surface area contributed by atoms with Crippen LogP contribution >= 0.6 is 0 Å². The molecular formula is C15H24N2O5. The predicted molar refractivity (Wildman–Crippen MR) is 79.2 cm³/mol. The molecular weight excluding hydrogens is 288 g/mol. The molecule has 0 aliphatic heterocycles. The molecule has 0 aliphatic rings. The predicted octanol–water partition coefficient (Wildman–Crippen LogP) is 1.87. The normalized spacial score (nSPS) is 11.3. The van der Waals surface area contributed by atoms with Crippen LogP contribution in [-0.4, -0.2) is 49.1 Å². The van der Waals surface area contributed by atoms with Crippen LogP contribution in [0.5, 0.6) is 0 Å². The maximum absolute atomic E-state index is 12.5. The highest BCUT2D eigenvalue weighted by molar-refractivity contribution is 5.86. The molecule has 1 aromatic rings. The summed E-state index contributed by atoms with van der Waals surface area (Å²) in [5.74, 6) is -0.278. The van der Waals surface area contributed by atoms with Gasteiger partial charge in [-0.15, -0.1) is 0 Å². The van der Waals surface area contributed by atoms with Crippen LogP contribution < -0.4 is 0 Å². The summed E-state index contributed by atoms with van der Waals surface area (Å²) in [7, 11) is 2.89. The Bertz CT molecular complexity index is 504. The lowest BCUT2D eigenvalue weighted by atomic mass is 9.94. The fourth-order valence-corrected chi connectivity index (χ4v) is 1.87. The first kappa shape index (κ1) is 18.2. The molecule has 124 valence electrons. The van der Waals surface area contributed by atoms with Gasteiger partial charge in [-0.05, 0) is 6.42 Å². The second-order valence-electron chi connectivity index (χ2n) is 5.94. The van der Waals surface area contributed by atoms with Gasteiger partial charge in [-0.2, -0.15) is 0 Å². The summed E-state index contributed by atoms with van der Waals surface area (Å²) in [4.78, 5) is 29.6. The first-order valence-corrected chi connectivity index (χ1v) is 7.10. The van der Waals surface area contributed by atoms with E-state index in [-0.39, 0.29) is 18.1 Å². The minimum absolute atomic E-state index is 0.0126. The molecule has 22 heavy (non-hydrogen) atoms. The standard InChI is InChI=1S/C15H24N2O5/c1-15(2,3)14(19)17(7-6-8-20-4)9-12-16-11(10-22-12)13(18)21-5/h10H,6-9H2,1-5H3. The molecule has 0 spiro atoms. The molecule has 0 N–H and O–H groups in total. The molecule has 7 heteroatoms. The van der Waals surface area contributed by atoms with E-state index in [1.807, 2.05) is 20.8 Å². The topological polar surface area (TPSA) is 81.9 Å². The summed E-state index contributed by atoms with van der Waals surface area (Å²) in [5, 5.41) is 0. The number of carbonyl (C=O) groups excluding carboxylic acids is 2. The second kappa shape index (κ2) is 7.93. The van der Waals surface area contributed by atoms with Crippen LogP contribution in [0, 0.1) is 5.41 Å². The van der Waals surface area contributed by atoms with Gasteiger partial charge in [0.2, 0.25) is 11.8 Å².